The van der Waals surface area contributed by atoms with Crippen molar-refractivity contribution in [3.8, 4) is 11.8 Å². The van der Waals surface area contributed by atoms with Crippen LogP contribution in [0.1, 0.15) is 18.1 Å². The number of halogens is 1. The fourth-order valence-electron chi connectivity index (χ4n) is 2.16. The first-order valence-electron chi connectivity index (χ1n) is 7.16. The van der Waals surface area contributed by atoms with E-state index in [4.69, 9.17) is 10.00 Å². The van der Waals surface area contributed by atoms with Crippen molar-refractivity contribution in [3.63, 3.8) is 0 Å². The van der Waals surface area contributed by atoms with Crippen LogP contribution in [0.25, 0.3) is 0 Å². The Morgan fingerprint density at radius 2 is 2.00 bits per heavy atom. The number of amides is 1. The molecule has 0 aliphatic heterocycles. The number of carbonyl (C=O) groups excluding carboxylic acids is 1. The summed E-state index contributed by atoms with van der Waals surface area (Å²) in [6.07, 6.45) is -0.679. The summed E-state index contributed by atoms with van der Waals surface area (Å²) >= 11 is 0. The normalized spacial score (nSPS) is 11.4. The molecule has 0 saturated carbocycles. The summed E-state index contributed by atoms with van der Waals surface area (Å²) < 4.78 is 18.8. The maximum atomic E-state index is 13.2. The summed E-state index contributed by atoms with van der Waals surface area (Å²) in [6.45, 7) is 1.96. The highest BCUT2D eigenvalue weighted by atomic mass is 19.1. The van der Waals surface area contributed by atoms with Gasteiger partial charge in [-0.2, -0.15) is 5.26 Å². The number of nitrogens with zero attached hydrogens (tertiary/aromatic N) is 2. The Hall–Kier alpha value is -2.87. The smallest absolute Gasteiger partial charge is 0.263 e. The van der Waals surface area contributed by atoms with Gasteiger partial charge >= 0.3 is 0 Å². The van der Waals surface area contributed by atoms with E-state index in [1.807, 2.05) is 6.07 Å². The lowest BCUT2D eigenvalue weighted by Crippen LogP contribution is -2.37. The largest absolute Gasteiger partial charge is 0.481 e. The zero-order valence-corrected chi connectivity index (χ0v) is 13.0. The number of carbonyl (C=O) groups is 1. The zero-order chi connectivity index (χ0) is 16.8. The lowest BCUT2D eigenvalue weighted by Gasteiger charge is -2.22. The molecule has 0 aromatic heterocycles. The molecule has 0 N–H and O–H groups in total. The van der Waals surface area contributed by atoms with Gasteiger partial charge < -0.3 is 9.64 Å². The molecular weight excluding hydrogens is 295 g/mol. The van der Waals surface area contributed by atoms with Crippen molar-refractivity contribution >= 4 is 5.91 Å². The molecule has 2 rings (SSSR count). The highest BCUT2D eigenvalue weighted by Gasteiger charge is 2.19. The van der Waals surface area contributed by atoms with Crippen LogP contribution in [0.3, 0.4) is 0 Å². The van der Waals surface area contributed by atoms with Gasteiger partial charge in [0.05, 0.1) is 11.6 Å². The fourth-order valence-corrected chi connectivity index (χ4v) is 2.16. The van der Waals surface area contributed by atoms with Gasteiger partial charge in [-0.3, -0.25) is 4.79 Å². The standard InChI is InChI=1S/C18H17FN2O2/c1-13(23-17-8-6-14(11-20)7-9-17)18(22)21(2)12-15-4-3-5-16(19)10-15/h3-10,13H,12H2,1-2H3/t13-/m1/s1. The minimum atomic E-state index is -0.679. The van der Waals surface area contributed by atoms with Crippen molar-refractivity contribution in [3.05, 3.63) is 65.5 Å². The molecule has 4 nitrogen and oxygen atoms in total. The number of likely N-dealkylation sites (N-methyl/N-ethyl adjacent to an activating group) is 1. The Morgan fingerprint density at radius 1 is 1.30 bits per heavy atom. The third-order valence-corrected chi connectivity index (χ3v) is 3.33. The predicted molar refractivity (Wildman–Crippen MR) is 84.1 cm³/mol. The fraction of sp³-hybridized carbons (Fsp3) is 0.222. The Kier molecular flexibility index (Phi) is 5.32. The number of hydrogen-bond acceptors (Lipinski definition) is 3. The second kappa shape index (κ2) is 7.41. The van der Waals surface area contributed by atoms with Gasteiger partial charge in [0.1, 0.15) is 11.6 Å². The van der Waals surface area contributed by atoms with E-state index in [1.54, 1.807) is 50.4 Å². The highest BCUT2D eigenvalue weighted by Crippen LogP contribution is 2.15. The van der Waals surface area contributed by atoms with Crippen molar-refractivity contribution in [2.24, 2.45) is 0 Å². The number of nitriles is 1. The first-order valence-corrected chi connectivity index (χ1v) is 7.16. The number of hydrogen-bond donors (Lipinski definition) is 0. The van der Waals surface area contributed by atoms with Crippen LogP contribution in [0.15, 0.2) is 48.5 Å². The van der Waals surface area contributed by atoms with Crippen molar-refractivity contribution in [2.45, 2.75) is 19.6 Å². The first kappa shape index (κ1) is 16.5. The van der Waals surface area contributed by atoms with Gasteiger partial charge in [-0.1, -0.05) is 12.1 Å². The van der Waals surface area contributed by atoms with E-state index in [0.29, 0.717) is 23.4 Å². The molecule has 118 valence electrons. The van der Waals surface area contributed by atoms with E-state index in [0.717, 1.165) is 0 Å². The Labute approximate surface area is 134 Å². The van der Waals surface area contributed by atoms with E-state index < -0.39 is 6.10 Å². The third-order valence-electron chi connectivity index (χ3n) is 3.33. The van der Waals surface area contributed by atoms with Gasteiger partial charge in [0, 0.05) is 13.6 Å². The summed E-state index contributed by atoms with van der Waals surface area (Å²) in [5.74, 6) is -0.0205. The summed E-state index contributed by atoms with van der Waals surface area (Å²) in [4.78, 5) is 13.8. The SMILES string of the molecule is C[C@@H](Oc1ccc(C#N)cc1)C(=O)N(C)Cc1cccc(F)c1. The summed E-state index contributed by atoms with van der Waals surface area (Å²) in [5, 5.41) is 8.75. The molecule has 0 heterocycles. The van der Waals surface area contributed by atoms with E-state index >= 15 is 0 Å². The maximum absolute atomic E-state index is 13.2. The molecule has 2 aromatic rings. The van der Waals surface area contributed by atoms with Crippen molar-refractivity contribution in [1.82, 2.24) is 4.90 Å². The number of rotatable bonds is 5. The van der Waals surface area contributed by atoms with Gasteiger partial charge in [-0.05, 0) is 48.9 Å². The van der Waals surface area contributed by atoms with Crippen LogP contribution >= 0.6 is 0 Å². The molecule has 1 amide bonds. The van der Waals surface area contributed by atoms with Crippen molar-refractivity contribution in [1.29, 1.82) is 5.26 Å². The Morgan fingerprint density at radius 3 is 2.61 bits per heavy atom. The minimum absolute atomic E-state index is 0.210. The van der Waals surface area contributed by atoms with Gasteiger partial charge in [0.25, 0.3) is 5.91 Å². The molecule has 2 aromatic carbocycles. The number of ether oxygens (including phenoxy) is 1. The van der Waals surface area contributed by atoms with Crippen LogP contribution in [-0.4, -0.2) is 24.0 Å². The van der Waals surface area contributed by atoms with Gasteiger partial charge in [0.2, 0.25) is 0 Å². The summed E-state index contributed by atoms with van der Waals surface area (Å²) in [5.41, 5.74) is 1.24. The lowest BCUT2D eigenvalue weighted by molar-refractivity contribution is -0.137. The second-order valence-corrected chi connectivity index (χ2v) is 5.22. The van der Waals surface area contributed by atoms with E-state index in [-0.39, 0.29) is 11.7 Å². The third kappa shape index (κ3) is 4.55. The predicted octanol–water partition coefficient (Wildman–Crippen LogP) is 3.12. The summed E-state index contributed by atoms with van der Waals surface area (Å²) in [6, 6.07) is 14.7. The average molecular weight is 312 g/mol. The molecule has 0 radical (unpaired) electrons. The summed E-state index contributed by atoms with van der Waals surface area (Å²) in [7, 11) is 1.64. The van der Waals surface area contributed by atoms with Crippen molar-refractivity contribution in [2.75, 3.05) is 7.05 Å². The van der Waals surface area contributed by atoms with Gasteiger partial charge in [-0.15, -0.1) is 0 Å². The molecule has 5 heteroatoms. The van der Waals surface area contributed by atoms with Crippen LogP contribution in [0.2, 0.25) is 0 Å². The minimum Gasteiger partial charge on any atom is -0.481 e. The van der Waals surface area contributed by atoms with E-state index in [2.05, 4.69) is 0 Å². The monoisotopic (exact) mass is 312 g/mol. The molecule has 0 saturated heterocycles. The van der Waals surface area contributed by atoms with Crippen LogP contribution in [0, 0.1) is 17.1 Å². The molecule has 0 bridgehead atoms. The molecule has 0 unspecified atom stereocenters. The Bertz CT molecular complexity index is 723. The lowest BCUT2D eigenvalue weighted by atomic mass is 10.2. The molecule has 0 spiro atoms. The zero-order valence-electron chi connectivity index (χ0n) is 13.0. The van der Waals surface area contributed by atoms with E-state index in [9.17, 15) is 9.18 Å². The average Bonchev–Trinajstić information content (AvgIpc) is 2.54. The molecule has 0 fully saturated rings. The molecular formula is C18H17FN2O2. The topological polar surface area (TPSA) is 53.3 Å². The maximum Gasteiger partial charge on any atom is 0.263 e. The molecule has 0 aliphatic carbocycles. The van der Waals surface area contributed by atoms with Crippen LogP contribution in [0.5, 0.6) is 5.75 Å². The molecule has 0 aliphatic rings. The molecule has 1 atom stereocenters. The van der Waals surface area contributed by atoms with Crippen LogP contribution in [0.4, 0.5) is 4.39 Å². The number of benzene rings is 2. The van der Waals surface area contributed by atoms with Crippen molar-refractivity contribution < 1.29 is 13.9 Å². The van der Waals surface area contributed by atoms with Crippen LogP contribution in [-0.2, 0) is 11.3 Å². The molecule has 23 heavy (non-hydrogen) atoms. The van der Waals surface area contributed by atoms with Gasteiger partial charge in [-0.25, -0.2) is 4.39 Å². The van der Waals surface area contributed by atoms with Gasteiger partial charge in [0.15, 0.2) is 6.10 Å². The first-order chi connectivity index (χ1) is 11.0. The quantitative estimate of drug-likeness (QED) is 0.852. The highest BCUT2D eigenvalue weighted by molar-refractivity contribution is 5.80. The second-order valence-electron chi connectivity index (χ2n) is 5.22. The Balaban J connectivity index is 1.96. The van der Waals surface area contributed by atoms with Crippen LogP contribution < -0.4 is 4.74 Å². The van der Waals surface area contributed by atoms with E-state index in [1.165, 1.54) is 17.0 Å².